The van der Waals surface area contributed by atoms with Crippen LogP contribution in [0.5, 0.6) is 11.5 Å². The van der Waals surface area contributed by atoms with Crippen LogP contribution in [-0.4, -0.2) is 31.6 Å². The topological polar surface area (TPSA) is 84.9 Å². The third-order valence-electron chi connectivity index (χ3n) is 4.52. The van der Waals surface area contributed by atoms with Gasteiger partial charge in [0.2, 0.25) is 0 Å². The molecule has 0 spiro atoms. The lowest BCUT2D eigenvalue weighted by molar-refractivity contribution is -0.137. The van der Waals surface area contributed by atoms with Gasteiger partial charge in [-0.05, 0) is 42.0 Å². The molecule has 178 valence electrons. The van der Waals surface area contributed by atoms with E-state index in [0.717, 1.165) is 12.1 Å². The van der Waals surface area contributed by atoms with E-state index >= 15 is 0 Å². The lowest BCUT2D eigenvalue weighted by Gasteiger charge is -2.27. The fourth-order valence-electron chi connectivity index (χ4n) is 3.01. The van der Waals surface area contributed by atoms with Crippen LogP contribution in [0, 0.1) is 0 Å². The maximum atomic E-state index is 13.2. The van der Waals surface area contributed by atoms with Gasteiger partial charge in [-0.25, -0.2) is 9.69 Å². The molecule has 34 heavy (non-hydrogen) atoms. The van der Waals surface area contributed by atoms with E-state index in [4.69, 9.17) is 32.7 Å². The molecule has 1 aliphatic heterocycles. The molecule has 3 rings (SSSR count). The molecule has 0 saturated carbocycles. The fourth-order valence-corrected chi connectivity index (χ4v) is 3.48. The zero-order valence-electron chi connectivity index (χ0n) is 17.3. The molecule has 1 fully saturated rings. The summed E-state index contributed by atoms with van der Waals surface area (Å²) in [5.41, 5.74) is -2.01. The number of hydrogen-bond acceptors (Lipinski definition) is 5. The molecule has 0 radical (unpaired) electrons. The molecule has 0 aliphatic carbocycles. The summed E-state index contributed by atoms with van der Waals surface area (Å²) in [6.45, 7) is 3.66. The summed E-state index contributed by atoms with van der Waals surface area (Å²) in [7, 11) is 1.35. The van der Waals surface area contributed by atoms with E-state index in [1.807, 2.05) is 5.32 Å². The maximum absolute atomic E-state index is 13.2. The van der Waals surface area contributed by atoms with Crippen LogP contribution in [0.25, 0.3) is 6.08 Å². The van der Waals surface area contributed by atoms with E-state index < -0.39 is 40.8 Å². The zero-order chi connectivity index (χ0) is 25.2. The van der Waals surface area contributed by atoms with Crippen molar-refractivity contribution in [2.75, 3.05) is 18.6 Å². The highest BCUT2D eigenvalue weighted by Crippen LogP contribution is 2.38. The van der Waals surface area contributed by atoms with Crippen LogP contribution in [0.4, 0.5) is 23.7 Å². The minimum Gasteiger partial charge on any atom is -0.493 e. The molecule has 1 aliphatic rings. The van der Waals surface area contributed by atoms with E-state index in [1.165, 1.54) is 25.3 Å². The summed E-state index contributed by atoms with van der Waals surface area (Å²) in [6.07, 6.45) is -2.17. The number of benzene rings is 2. The van der Waals surface area contributed by atoms with E-state index in [-0.39, 0.29) is 33.7 Å². The van der Waals surface area contributed by atoms with Crippen molar-refractivity contribution >= 4 is 52.8 Å². The van der Waals surface area contributed by atoms with Crippen LogP contribution < -0.4 is 19.7 Å². The smallest absolute Gasteiger partial charge is 0.416 e. The Morgan fingerprint density at radius 1 is 1.12 bits per heavy atom. The summed E-state index contributed by atoms with van der Waals surface area (Å²) < 4.78 is 50.1. The number of amides is 4. The standard InChI is InChI=1S/C22H15Cl2F3N2O5/c1-3-6-34-18-15(24)8-11(9-17(18)33-2)7-13-19(30)28-21(32)29(20(13)31)16-10-12(22(25,26)27)4-5-14(16)23/h3-5,7-10H,1,6H2,2H3,(H,28,30,32)/b13-7-. The number of methoxy groups -OCH3 is 1. The Hall–Kier alpha value is -3.50. The lowest BCUT2D eigenvalue weighted by Crippen LogP contribution is -2.54. The highest BCUT2D eigenvalue weighted by atomic mass is 35.5. The first-order valence-corrected chi connectivity index (χ1v) is 10.1. The van der Waals surface area contributed by atoms with Crippen molar-refractivity contribution < 1.29 is 37.0 Å². The number of carbonyl (C=O) groups is 3. The van der Waals surface area contributed by atoms with Gasteiger partial charge < -0.3 is 9.47 Å². The van der Waals surface area contributed by atoms with E-state index in [0.29, 0.717) is 17.0 Å². The van der Waals surface area contributed by atoms with Crippen molar-refractivity contribution in [3.8, 4) is 11.5 Å². The van der Waals surface area contributed by atoms with E-state index in [1.54, 1.807) is 0 Å². The molecule has 1 N–H and O–H groups in total. The summed E-state index contributed by atoms with van der Waals surface area (Å²) >= 11 is 12.2. The summed E-state index contributed by atoms with van der Waals surface area (Å²) in [5.74, 6) is -1.87. The van der Waals surface area contributed by atoms with E-state index in [2.05, 4.69) is 6.58 Å². The first-order valence-electron chi connectivity index (χ1n) is 9.37. The van der Waals surface area contributed by atoms with Crippen molar-refractivity contribution in [3.05, 3.63) is 69.7 Å². The Morgan fingerprint density at radius 2 is 1.82 bits per heavy atom. The summed E-state index contributed by atoms with van der Waals surface area (Å²) in [6, 6.07) is 3.66. The minimum atomic E-state index is -4.76. The number of imide groups is 2. The summed E-state index contributed by atoms with van der Waals surface area (Å²) in [5, 5.41) is 1.70. The lowest BCUT2D eigenvalue weighted by atomic mass is 10.1. The molecule has 1 saturated heterocycles. The monoisotopic (exact) mass is 514 g/mol. The second-order valence-corrected chi connectivity index (χ2v) is 7.57. The van der Waals surface area contributed by atoms with Gasteiger partial charge in [-0.15, -0.1) is 0 Å². The number of halogens is 5. The second kappa shape index (κ2) is 9.78. The predicted molar refractivity (Wildman–Crippen MR) is 119 cm³/mol. The number of urea groups is 1. The minimum absolute atomic E-state index is 0.0885. The van der Waals surface area contributed by atoms with Crippen molar-refractivity contribution in [1.82, 2.24) is 5.32 Å². The first-order chi connectivity index (χ1) is 16.0. The Kier molecular flexibility index (Phi) is 7.23. The normalized spacial score (nSPS) is 15.4. The third kappa shape index (κ3) is 5.02. The largest absolute Gasteiger partial charge is 0.493 e. The van der Waals surface area contributed by atoms with E-state index in [9.17, 15) is 27.6 Å². The van der Waals surface area contributed by atoms with Gasteiger partial charge in [0, 0.05) is 0 Å². The molecule has 7 nitrogen and oxygen atoms in total. The number of anilines is 1. The molecular weight excluding hydrogens is 500 g/mol. The van der Waals surface area contributed by atoms with Crippen LogP contribution in [0.1, 0.15) is 11.1 Å². The molecule has 4 amide bonds. The Bertz CT molecular complexity index is 1230. The number of nitrogens with zero attached hydrogens (tertiary/aromatic N) is 1. The second-order valence-electron chi connectivity index (χ2n) is 6.76. The van der Waals surface area contributed by atoms with Gasteiger partial charge in [-0.2, -0.15) is 13.2 Å². The average molecular weight is 515 g/mol. The van der Waals surface area contributed by atoms with Gasteiger partial charge in [0.05, 0.1) is 28.4 Å². The molecule has 0 bridgehead atoms. The van der Waals surface area contributed by atoms with Gasteiger partial charge in [0.1, 0.15) is 12.2 Å². The first kappa shape index (κ1) is 25.1. The number of alkyl halides is 3. The highest BCUT2D eigenvalue weighted by Gasteiger charge is 2.39. The van der Waals surface area contributed by atoms with Gasteiger partial charge in [-0.3, -0.25) is 14.9 Å². The molecule has 0 aromatic heterocycles. The molecule has 2 aromatic rings. The predicted octanol–water partition coefficient (Wildman–Crippen LogP) is 5.25. The Morgan fingerprint density at radius 3 is 2.44 bits per heavy atom. The number of hydrogen-bond donors (Lipinski definition) is 1. The molecular formula is C22H15Cl2F3N2O5. The van der Waals surface area contributed by atoms with Crippen molar-refractivity contribution in [2.45, 2.75) is 6.18 Å². The molecule has 0 unspecified atom stereocenters. The van der Waals surface area contributed by atoms with Crippen LogP contribution >= 0.6 is 23.2 Å². The summed E-state index contributed by atoms with van der Waals surface area (Å²) in [4.78, 5) is 38.2. The van der Waals surface area contributed by atoms with Crippen molar-refractivity contribution in [1.29, 1.82) is 0 Å². The van der Waals surface area contributed by atoms with Crippen molar-refractivity contribution in [3.63, 3.8) is 0 Å². The number of barbiturate groups is 1. The maximum Gasteiger partial charge on any atom is 0.416 e. The van der Waals surface area contributed by atoms with Crippen LogP contribution in [0.2, 0.25) is 10.0 Å². The van der Waals surface area contributed by atoms with Gasteiger partial charge in [0.15, 0.2) is 11.5 Å². The molecule has 12 heteroatoms. The molecule has 2 aromatic carbocycles. The SMILES string of the molecule is C=CCOc1c(Cl)cc(/C=C2/C(=O)NC(=O)N(c3cc(C(F)(F)F)ccc3Cl)C2=O)cc1OC. The van der Waals surface area contributed by atoms with Crippen molar-refractivity contribution in [2.24, 2.45) is 0 Å². The number of carbonyl (C=O) groups excluding carboxylic acids is 3. The highest BCUT2D eigenvalue weighted by molar-refractivity contribution is 6.42. The number of ether oxygens (including phenoxy) is 2. The Balaban J connectivity index is 2.07. The third-order valence-corrected chi connectivity index (χ3v) is 5.12. The quantitative estimate of drug-likeness (QED) is 0.323. The Labute approximate surface area is 201 Å². The van der Waals surface area contributed by atoms with Crippen LogP contribution in [0.15, 0.2) is 48.6 Å². The van der Waals surface area contributed by atoms with Crippen LogP contribution in [-0.2, 0) is 15.8 Å². The number of nitrogens with one attached hydrogen (secondary N) is 1. The molecule has 0 atom stereocenters. The number of rotatable bonds is 6. The molecule has 1 heterocycles. The zero-order valence-corrected chi connectivity index (χ0v) is 18.8. The van der Waals surface area contributed by atoms with Gasteiger partial charge >= 0.3 is 12.2 Å². The fraction of sp³-hybridized carbons (Fsp3) is 0.136. The van der Waals surface area contributed by atoms with Gasteiger partial charge in [-0.1, -0.05) is 35.9 Å². The average Bonchev–Trinajstić information content (AvgIpc) is 2.75. The van der Waals surface area contributed by atoms with Gasteiger partial charge in [0.25, 0.3) is 11.8 Å². The van der Waals surface area contributed by atoms with Crippen LogP contribution in [0.3, 0.4) is 0 Å².